The van der Waals surface area contributed by atoms with E-state index >= 15 is 0 Å². The number of carboxylic acids is 1. The Kier molecular flexibility index (Phi) is 7.35. The normalized spacial score (nSPS) is 11.4. The lowest BCUT2D eigenvalue weighted by atomic mass is 10.2. The highest BCUT2D eigenvalue weighted by Gasteiger charge is 2.26. The molecule has 0 saturated carbocycles. The Bertz CT molecular complexity index is 889. The van der Waals surface area contributed by atoms with Crippen LogP contribution in [-0.4, -0.2) is 29.8 Å². The van der Waals surface area contributed by atoms with Crippen molar-refractivity contribution in [1.29, 1.82) is 0 Å². The number of halogens is 4. The Morgan fingerprint density at radius 3 is 2.28 bits per heavy atom. The van der Waals surface area contributed by atoms with Gasteiger partial charge in [-0.05, 0) is 42.3 Å². The van der Waals surface area contributed by atoms with Gasteiger partial charge in [-0.2, -0.15) is 13.2 Å². The molecule has 0 bridgehead atoms. The van der Waals surface area contributed by atoms with Crippen molar-refractivity contribution in [1.82, 2.24) is 0 Å². The largest absolute Gasteiger partial charge is 0.493 e. The molecule has 0 saturated heterocycles. The summed E-state index contributed by atoms with van der Waals surface area (Å²) < 4.78 is 60.4. The average molecular weight is 412 g/mol. The van der Waals surface area contributed by atoms with Gasteiger partial charge in [-0.15, -0.1) is 0 Å². The number of carboxylic acid groups (broad SMARTS) is 1. The molecule has 2 rings (SSSR count). The number of ether oxygens (including phenoxy) is 2. The topological polar surface area (TPSA) is 72.8 Å². The maximum absolute atomic E-state index is 14.1. The van der Waals surface area contributed by atoms with Crippen molar-refractivity contribution in [2.24, 2.45) is 0 Å². The van der Waals surface area contributed by atoms with E-state index in [1.165, 1.54) is 36.4 Å². The summed E-state index contributed by atoms with van der Waals surface area (Å²) in [7, 11) is 0. The van der Waals surface area contributed by atoms with Gasteiger partial charge in [0.1, 0.15) is 17.3 Å². The van der Waals surface area contributed by atoms with Gasteiger partial charge in [-0.3, -0.25) is 0 Å². The summed E-state index contributed by atoms with van der Waals surface area (Å²) >= 11 is 0. The fourth-order valence-electron chi connectivity index (χ4n) is 2.19. The average Bonchev–Trinajstić information content (AvgIpc) is 2.64. The number of carbonyl (C=O) groups excluding carboxylic acids is 1. The predicted molar refractivity (Wildman–Crippen MR) is 95.3 cm³/mol. The van der Waals surface area contributed by atoms with Crippen LogP contribution >= 0.6 is 0 Å². The molecule has 0 unspecified atom stereocenters. The van der Waals surface area contributed by atoms with Crippen LogP contribution in [0.5, 0.6) is 11.5 Å². The lowest BCUT2D eigenvalue weighted by Gasteiger charge is -2.10. The van der Waals surface area contributed by atoms with Gasteiger partial charge in [0.05, 0.1) is 12.2 Å². The van der Waals surface area contributed by atoms with Crippen LogP contribution < -0.4 is 9.47 Å². The second-order valence-electron chi connectivity index (χ2n) is 5.84. The summed E-state index contributed by atoms with van der Waals surface area (Å²) in [4.78, 5) is 22.6. The molecule has 9 heteroatoms. The SMILES string of the molecule is O=C(O)/C=C/c1ccc(OC(=O)c2ccc(OCCCC(F)(F)F)cc2F)cc1. The van der Waals surface area contributed by atoms with Crippen molar-refractivity contribution in [2.45, 2.75) is 19.0 Å². The molecule has 0 amide bonds. The molecule has 0 spiro atoms. The van der Waals surface area contributed by atoms with Crippen LogP contribution in [0.15, 0.2) is 48.5 Å². The zero-order chi connectivity index (χ0) is 21.4. The Labute approximate surface area is 163 Å². The molecule has 0 aliphatic heterocycles. The molecule has 29 heavy (non-hydrogen) atoms. The van der Waals surface area contributed by atoms with Crippen molar-refractivity contribution < 1.29 is 41.7 Å². The molecule has 5 nitrogen and oxygen atoms in total. The second kappa shape index (κ2) is 9.72. The Hall–Kier alpha value is -3.36. The van der Waals surface area contributed by atoms with E-state index in [1.807, 2.05) is 0 Å². The number of alkyl halides is 3. The summed E-state index contributed by atoms with van der Waals surface area (Å²) in [6, 6.07) is 9.11. The lowest BCUT2D eigenvalue weighted by Crippen LogP contribution is -2.11. The van der Waals surface area contributed by atoms with Gasteiger partial charge in [0.25, 0.3) is 0 Å². The van der Waals surface area contributed by atoms with E-state index < -0.39 is 30.4 Å². The maximum Gasteiger partial charge on any atom is 0.389 e. The smallest absolute Gasteiger partial charge is 0.389 e. The van der Waals surface area contributed by atoms with Gasteiger partial charge >= 0.3 is 18.1 Å². The molecule has 1 N–H and O–H groups in total. The molecule has 0 atom stereocenters. The van der Waals surface area contributed by atoms with Gasteiger partial charge in [0, 0.05) is 18.6 Å². The molecule has 0 radical (unpaired) electrons. The molecule has 2 aromatic carbocycles. The van der Waals surface area contributed by atoms with Crippen LogP contribution in [0.2, 0.25) is 0 Å². The predicted octanol–water partition coefficient (Wildman–Crippen LogP) is 4.86. The summed E-state index contributed by atoms with van der Waals surface area (Å²) in [5, 5.41) is 8.57. The van der Waals surface area contributed by atoms with Crippen LogP contribution in [0.1, 0.15) is 28.8 Å². The highest BCUT2D eigenvalue weighted by molar-refractivity contribution is 5.91. The first-order chi connectivity index (χ1) is 13.6. The first kappa shape index (κ1) is 21.9. The first-order valence-electron chi connectivity index (χ1n) is 8.36. The van der Waals surface area contributed by atoms with Crippen LogP contribution in [0.4, 0.5) is 17.6 Å². The molecule has 0 aromatic heterocycles. The van der Waals surface area contributed by atoms with E-state index in [-0.39, 0.29) is 30.1 Å². The molecule has 0 aliphatic carbocycles. The van der Waals surface area contributed by atoms with E-state index in [1.54, 1.807) is 0 Å². The lowest BCUT2D eigenvalue weighted by molar-refractivity contribution is -0.136. The van der Waals surface area contributed by atoms with Gasteiger partial charge < -0.3 is 14.6 Å². The minimum Gasteiger partial charge on any atom is -0.493 e. The van der Waals surface area contributed by atoms with Crippen LogP contribution in [0, 0.1) is 5.82 Å². The van der Waals surface area contributed by atoms with E-state index in [0.717, 1.165) is 18.2 Å². The minimum atomic E-state index is -4.28. The van der Waals surface area contributed by atoms with Gasteiger partial charge in [-0.25, -0.2) is 14.0 Å². The van der Waals surface area contributed by atoms with Crippen molar-refractivity contribution >= 4 is 18.0 Å². The number of carbonyl (C=O) groups is 2. The van der Waals surface area contributed by atoms with Gasteiger partial charge in [0.15, 0.2) is 0 Å². The van der Waals surface area contributed by atoms with Crippen molar-refractivity contribution in [3.63, 3.8) is 0 Å². The quantitative estimate of drug-likeness (QED) is 0.220. The highest BCUT2D eigenvalue weighted by atomic mass is 19.4. The fraction of sp³-hybridized carbons (Fsp3) is 0.200. The zero-order valence-corrected chi connectivity index (χ0v) is 14.9. The minimum absolute atomic E-state index is 0.00389. The van der Waals surface area contributed by atoms with Crippen molar-refractivity contribution in [2.75, 3.05) is 6.61 Å². The summed E-state index contributed by atoms with van der Waals surface area (Å²) in [6.45, 7) is -0.245. The van der Waals surface area contributed by atoms with E-state index in [9.17, 15) is 27.2 Å². The summed E-state index contributed by atoms with van der Waals surface area (Å²) in [6.07, 6.45) is -3.27. The zero-order valence-electron chi connectivity index (χ0n) is 14.9. The molecule has 154 valence electrons. The van der Waals surface area contributed by atoms with Crippen molar-refractivity contribution in [3.8, 4) is 11.5 Å². The Morgan fingerprint density at radius 2 is 1.69 bits per heavy atom. The summed E-state index contributed by atoms with van der Waals surface area (Å²) in [5.41, 5.74) is 0.188. The van der Waals surface area contributed by atoms with E-state index in [0.29, 0.717) is 5.56 Å². The third-order valence-corrected chi connectivity index (χ3v) is 3.54. The van der Waals surface area contributed by atoms with E-state index in [4.69, 9.17) is 14.6 Å². The number of benzene rings is 2. The number of hydrogen-bond donors (Lipinski definition) is 1. The third-order valence-electron chi connectivity index (χ3n) is 3.54. The molecule has 0 aliphatic rings. The standard InChI is InChI=1S/C20H16F4O5/c21-17-12-15(28-11-1-10-20(22,23)24)7-8-16(17)19(27)29-14-5-2-13(3-6-14)4-9-18(25)26/h2-9,12H,1,10-11H2,(H,25,26)/b9-4+. The number of rotatable bonds is 8. The number of esters is 1. The molecule has 0 fully saturated rings. The van der Waals surface area contributed by atoms with Crippen molar-refractivity contribution in [3.05, 3.63) is 65.5 Å². The Morgan fingerprint density at radius 1 is 1.03 bits per heavy atom. The molecule has 2 aromatic rings. The Balaban J connectivity index is 1.94. The van der Waals surface area contributed by atoms with Gasteiger partial charge in [-0.1, -0.05) is 12.1 Å². The monoisotopic (exact) mass is 412 g/mol. The first-order valence-corrected chi connectivity index (χ1v) is 8.36. The molecular weight excluding hydrogens is 396 g/mol. The van der Waals surface area contributed by atoms with Crippen LogP contribution in [0.3, 0.4) is 0 Å². The molecule has 0 heterocycles. The number of aliphatic carboxylic acids is 1. The number of hydrogen-bond acceptors (Lipinski definition) is 4. The van der Waals surface area contributed by atoms with Crippen LogP contribution in [0.25, 0.3) is 6.08 Å². The maximum atomic E-state index is 14.1. The third kappa shape index (κ3) is 7.65. The molecular formula is C20H16F4O5. The second-order valence-corrected chi connectivity index (χ2v) is 5.84. The van der Waals surface area contributed by atoms with Gasteiger partial charge in [0.2, 0.25) is 0 Å². The van der Waals surface area contributed by atoms with Crippen LogP contribution in [-0.2, 0) is 4.79 Å². The highest BCUT2D eigenvalue weighted by Crippen LogP contribution is 2.23. The summed E-state index contributed by atoms with van der Waals surface area (Å²) in [5.74, 6) is -2.90. The fourth-order valence-corrected chi connectivity index (χ4v) is 2.19. The van der Waals surface area contributed by atoms with E-state index in [2.05, 4.69) is 0 Å².